The quantitative estimate of drug-likeness (QED) is 0.911. The van der Waals surface area contributed by atoms with Gasteiger partial charge < -0.3 is 10.4 Å². The number of amides is 1. The van der Waals surface area contributed by atoms with E-state index in [9.17, 15) is 9.59 Å². The Morgan fingerprint density at radius 2 is 2.11 bits per heavy atom. The molecule has 4 nitrogen and oxygen atoms in total. The number of hydrogen-bond acceptors (Lipinski definition) is 3. The highest BCUT2D eigenvalue weighted by Crippen LogP contribution is 2.34. The summed E-state index contributed by atoms with van der Waals surface area (Å²) in [5, 5.41) is 12.6. The van der Waals surface area contributed by atoms with Gasteiger partial charge in [0, 0.05) is 16.1 Å². The van der Waals surface area contributed by atoms with Crippen LogP contribution >= 0.6 is 22.9 Å². The Morgan fingerprint density at radius 3 is 2.74 bits per heavy atom. The van der Waals surface area contributed by atoms with Crippen LogP contribution in [0.2, 0.25) is 5.02 Å². The molecule has 0 radical (unpaired) electrons. The third kappa shape index (κ3) is 3.05. The molecule has 1 amide bonds. The maximum Gasteiger partial charge on any atom is 0.305 e. The third-order valence-electron chi connectivity index (χ3n) is 2.60. The molecular weight excluding hydrogens is 286 g/mol. The van der Waals surface area contributed by atoms with Crippen LogP contribution in [0.5, 0.6) is 0 Å². The standard InChI is InChI=1S/C13H12ClNO3S/c1-7(6-10(16)17)15-13(18)12-11(14)8-4-2-3-5-9(8)19-12/h2-5,7H,6H2,1H3,(H,15,18)(H,16,17). The third-order valence-corrected chi connectivity index (χ3v) is 4.27. The van der Waals surface area contributed by atoms with E-state index in [-0.39, 0.29) is 12.3 Å². The number of nitrogens with one attached hydrogen (secondary N) is 1. The summed E-state index contributed by atoms with van der Waals surface area (Å²) < 4.78 is 0.934. The molecule has 19 heavy (non-hydrogen) atoms. The van der Waals surface area contributed by atoms with E-state index in [1.165, 1.54) is 11.3 Å². The molecule has 1 aromatic heterocycles. The summed E-state index contributed by atoms with van der Waals surface area (Å²) in [6.07, 6.45) is -0.117. The van der Waals surface area contributed by atoms with E-state index in [0.29, 0.717) is 9.90 Å². The van der Waals surface area contributed by atoms with Crippen LogP contribution in [0.3, 0.4) is 0 Å². The van der Waals surface area contributed by atoms with Gasteiger partial charge in [-0.15, -0.1) is 11.3 Å². The first kappa shape index (κ1) is 13.8. The molecule has 2 aromatic rings. The average Bonchev–Trinajstić information content (AvgIpc) is 2.66. The highest BCUT2D eigenvalue weighted by atomic mass is 35.5. The van der Waals surface area contributed by atoms with E-state index < -0.39 is 12.0 Å². The molecule has 6 heteroatoms. The number of carbonyl (C=O) groups is 2. The fourth-order valence-electron chi connectivity index (χ4n) is 1.76. The Morgan fingerprint density at radius 1 is 1.42 bits per heavy atom. The smallest absolute Gasteiger partial charge is 0.305 e. The molecular formula is C13H12ClNO3S. The minimum Gasteiger partial charge on any atom is -0.481 e. The van der Waals surface area contributed by atoms with Crippen molar-refractivity contribution in [1.82, 2.24) is 5.32 Å². The molecule has 0 bridgehead atoms. The maximum absolute atomic E-state index is 12.0. The molecule has 2 N–H and O–H groups in total. The van der Waals surface area contributed by atoms with Gasteiger partial charge in [0.05, 0.1) is 11.4 Å². The number of aliphatic carboxylic acids is 1. The van der Waals surface area contributed by atoms with Gasteiger partial charge in [-0.1, -0.05) is 29.8 Å². The van der Waals surface area contributed by atoms with Crippen LogP contribution < -0.4 is 5.32 Å². The Kier molecular flexibility index (Phi) is 4.07. The number of hydrogen-bond donors (Lipinski definition) is 2. The van der Waals surface area contributed by atoms with Gasteiger partial charge in [0.15, 0.2) is 0 Å². The topological polar surface area (TPSA) is 66.4 Å². The molecule has 0 fully saturated rings. The van der Waals surface area contributed by atoms with Crippen LogP contribution in [0.1, 0.15) is 23.0 Å². The Hall–Kier alpha value is -1.59. The highest BCUT2D eigenvalue weighted by molar-refractivity contribution is 7.21. The van der Waals surface area contributed by atoms with Gasteiger partial charge in [-0.3, -0.25) is 9.59 Å². The van der Waals surface area contributed by atoms with Gasteiger partial charge in [0.2, 0.25) is 0 Å². The number of benzene rings is 1. The van der Waals surface area contributed by atoms with Gasteiger partial charge in [-0.2, -0.15) is 0 Å². The van der Waals surface area contributed by atoms with Gasteiger partial charge in [-0.05, 0) is 13.0 Å². The van der Waals surface area contributed by atoms with E-state index in [2.05, 4.69) is 5.32 Å². The fraction of sp³-hybridized carbons (Fsp3) is 0.231. The summed E-state index contributed by atoms with van der Waals surface area (Å²) in [5.74, 6) is -1.28. The first-order valence-corrected chi connectivity index (χ1v) is 6.88. The molecule has 1 atom stereocenters. The van der Waals surface area contributed by atoms with Crippen molar-refractivity contribution in [3.63, 3.8) is 0 Å². The molecule has 2 rings (SSSR count). The normalized spacial score (nSPS) is 12.3. The molecule has 1 aromatic carbocycles. The minimum absolute atomic E-state index is 0.117. The van der Waals surface area contributed by atoms with Crippen molar-refractivity contribution in [3.05, 3.63) is 34.2 Å². The summed E-state index contributed by atoms with van der Waals surface area (Å²) in [5.41, 5.74) is 0. The van der Waals surface area contributed by atoms with Crippen LogP contribution in [0, 0.1) is 0 Å². The monoisotopic (exact) mass is 297 g/mol. The Balaban J connectivity index is 2.22. The number of carboxylic acids is 1. The fourth-order valence-corrected chi connectivity index (χ4v) is 3.18. The molecule has 1 heterocycles. The summed E-state index contributed by atoms with van der Waals surface area (Å²) in [6, 6.07) is 7.04. The zero-order valence-electron chi connectivity index (χ0n) is 10.1. The number of thiophene rings is 1. The van der Waals surface area contributed by atoms with Crippen molar-refractivity contribution >= 4 is 44.9 Å². The van der Waals surface area contributed by atoms with Crippen molar-refractivity contribution in [1.29, 1.82) is 0 Å². The summed E-state index contributed by atoms with van der Waals surface area (Å²) >= 11 is 7.48. The van der Waals surface area contributed by atoms with E-state index >= 15 is 0 Å². The lowest BCUT2D eigenvalue weighted by Gasteiger charge is -2.10. The Labute approximate surface area is 119 Å². The zero-order chi connectivity index (χ0) is 14.0. The number of fused-ring (bicyclic) bond motifs is 1. The Bertz CT molecular complexity index is 638. The predicted octanol–water partition coefficient (Wildman–Crippen LogP) is 3.15. The molecule has 100 valence electrons. The molecule has 0 aliphatic heterocycles. The molecule has 0 aliphatic rings. The van der Waals surface area contributed by atoms with Crippen LogP contribution in [-0.4, -0.2) is 23.0 Å². The molecule has 0 aliphatic carbocycles. The van der Waals surface area contributed by atoms with E-state index in [0.717, 1.165) is 10.1 Å². The second-order valence-electron chi connectivity index (χ2n) is 4.21. The predicted molar refractivity (Wildman–Crippen MR) is 76.0 cm³/mol. The summed E-state index contributed by atoms with van der Waals surface area (Å²) in [7, 11) is 0. The van der Waals surface area contributed by atoms with Crippen molar-refractivity contribution < 1.29 is 14.7 Å². The summed E-state index contributed by atoms with van der Waals surface area (Å²) in [4.78, 5) is 23.0. The van der Waals surface area contributed by atoms with Gasteiger partial charge in [-0.25, -0.2) is 0 Å². The van der Waals surface area contributed by atoms with Gasteiger partial charge in [0.1, 0.15) is 4.88 Å². The second-order valence-corrected chi connectivity index (χ2v) is 5.64. The van der Waals surface area contributed by atoms with Gasteiger partial charge >= 0.3 is 5.97 Å². The first-order valence-electron chi connectivity index (χ1n) is 5.68. The maximum atomic E-state index is 12.0. The lowest BCUT2D eigenvalue weighted by molar-refractivity contribution is -0.137. The molecule has 0 saturated carbocycles. The first-order chi connectivity index (χ1) is 8.99. The summed E-state index contributed by atoms with van der Waals surface area (Å²) in [6.45, 7) is 1.65. The number of carbonyl (C=O) groups excluding carboxylic acids is 1. The van der Waals surface area contributed by atoms with Gasteiger partial charge in [0.25, 0.3) is 5.91 Å². The zero-order valence-corrected chi connectivity index (χ0v) is 11.7. The van der Waals surface area contributed by atoms with E-state index in [1.807, 2.05) is 24.3 Å². The van der Waals surface area contributed by atoms with Crippen LogP contribution in [0.4, 0.5) is 0 Å². The SMILES string of the molecule is CC(CC(=O)O)NC(=O)c1sc2ccccc2c1Cl. The van der Waals surface area contributed by atoms with Crippen LogP contribution in [-0.2, 0) is 4.79 Å². The lowest BCUT2D eigenvalue weighted by Crippen LogP contribution is -2.33. The number of rotatable bonds is 4. The van der Waals surface area contributed by atoms with Crippen molar-refractivity contribution in [2.75, 3.05) is 0 Å². The largest absolute Gasteiger partial charge is 0.481 e. The van der Waals surface area contributed by atoms with E-state index in [1.54, 1.807) is 6.92 Å². The average molecular weight is 298 g/mol. The van der Waals surface area contributed by atoms with Crippen molar-refractivity contribution in [3.8, 4) is 0 Å². The van der Waals surface area contributed by atoms with Crippen molar-refractivity contribution in [2.24, 2.45) is 0 Å². The number of carboxylic acid groups (broad SMARTS) is 1. The molecule has 1 unspecified atom stereocenters. The van der Waals surface area contributed by atoms with Crippen molar-refractivity contribution in [2.45, 2.75) is 19.4 Å². The van der Waals surface area contributed by atoms with E-state index in [4.69, 9.17) is 16.7 Å². The van der Waals surface area contributed by atoms with Crippen LogP contribution in [0.25, 0.3) is 10.1 Å². The molecule has 0 spiro atoms. The lowest BCUT2D eigenvalue weighted by atomic mass is 10.2. The minimum atomic E-state index is -0.949. The second kappa shape index (κ2) is 5.59. The highest BCUT2D eigenvalue weighted by Gasteiger charge is 2.19. The van der Waals surface area contributed by atoms with Crippen LogP contribution in [0.15, 0.2) is 24.3 Å². The molecule has 0 saturated heterocycles. The number of halogens is 1.